The minimum absolute atomic E-state index is 0.0471. The van der Waals surface area contributed by atoms with Gasteiger partial charge in [0.2, 0.25) is 0 Å². The van der Waals surface area contributed by atoms with Gasteiger partial charge in [0.15, 0.2) is 0 Å². The molecule has 1 fully saturated rings. The van der Waals surface area contributed by atoms with E-state index in [2.05, 4.69) is 39.9 Å². The number of piperidine rings is 1. The molecule has 1 saturated heterocycles. The van der Waals surface area contributed by atoms with Crippen molar-refractivity contribution in [2.75, 3.05) is 6.61 Å². The predicted molar refractivity (Wildman–Crippen MR) is 85.0 cm³/mol. The number of hydrogen-bond acceptors (Lipinski definition) is 4. The smallest absolute Gasteiger partial charge is 0.333 e. The van der Waals surface area contributed by atoms with Crippen molar-refractivity contribution in [3.05, 3.63) is 12.3 Å². The first-order valence-electron chi connectivity index (χ1n) is 8.08. The fourth-order valence-corrected chi connectivity index (χ4v) is 3.08. The zero-order valence-electron chi connectivity index (χ0n) is 14.4. The van der Waals surface area contributed by atoms with Crippen molar-refractivity contribution in [2.24, 2.45) is 5.92 Å². The van der Waals surface area contributed by atoms with E-state index < -0.39 is 0 Å². The summed E-state index contributed by atoms with van der Waals surface area (Å²) >= 11 is 0. The molecule has 4 heteroatoms. The van der Waals surface area contributed by atoms with Gasteiger partial charge in [0.1, 0.15) is 6.10 Å². The summed E-state index contributed by atoms with van der Waals surface area (Å²) in [5, 5.41) is 3.81. The molecule has 21 heavy (non-hydrogen) atoms. The Hall–Kier alpha value is -1.03. The topological polar surface area (TPSA) is 47.6 Å². The van der Waals surface area contributed by atoms with Gasteiger partial charge in [-0.05, 0) is 33.6 Å². The van der Waals surface area contributed by atoms with Gasteiger partial charge in [-0.3, -0.25) is 0 Å². The van der Waals surface area contributed by atoms with Crippen LogP contribution in [-0.2, 0) is 14.3 Å². The van der Waals surface area contributed by atoms with Gasteiger partial charge in [-0.1, -0.05) is 20.8 Å². The Morgan fingerprint density at radius 1 is 1.29 bits per heavy atom. The van der Waals surface area contributed by atoms with E-state index >= 15 is 0 Å². The van der Waals surface area contributed by atoms with Crippen LogP contribution in [0.2, 0.25) is 0 Å². The Labute approximate surface area is 129 Å². The van der Waals surface area contributed by atoms with E-state index in [1.165, 1.54) is 12.3 Å². The van der Waals surface area contributed by atoms with Gasteiger partial charge in [-0.25, -0.2) is 4.79 Å². The maximum absolute atomic E-state index is 11.3. The van der Waals surface area contributed by atoms with Crippen molar-refractivity contribution in [2.45, 2.75) is 78.0 Å². The summed E-state index contributed by atoms with van der Waals surface area (Å²) in [4.78, 5) is 11.3. The lowest BCUT2D eigenvalue weighted by Gasteiger charge is -2.52. The number of rotatable bonds is 6. The molecule has 0 aromatic heterocycles. The van der Waals surface area contributed by atoms with E-state index in [-0.39, 0.29) is 23.2 Å². The summed E-state index contributed by atoms with van der Waals surface area (Å²) in [6.45, 7) is 13.3. The summed E-state index contributed by atoms with van der Waals surface area (Å²) in [5.74, 6) is 0.0181. The van der Waals surface area contributed by atoms with Crippen LogP contribution in [0, 0.1) is 5.92 Å². The Morgan fingerprint density at radius 2 is 1.95 bits per heavy atom. The lowest BCUT2D eigenvalue weighted by Crippen LogP contribution is -2.66. The fraction of sp³-hybridized carbons (Fsp3) is 0.824. The second-order valence-corrected chi connectivity index (χ2v) is 6.53. The summed E-state index contributed by atoms with van der Waals surface area (Å²) in [5.41, 5.74) is 0.116. The highest BCUT2D eigenvalue weighted by atomic mass is 16.5. The van der Waals surface area contributed by atoms with Crippen molar-refractivity contribution >= 4 is 5.97 Å². The lowest BCUT2D eigenvalue weighted by atomic mass is 9.70. The molecule has 0 saturated carbocycles. The van der Waals surface area contributed by atoms with Crippen LogP contribution in [-0.4, -0.2) is 29.8 Å². The van der Waals surface area contributed by atoms with E-state index in [4.69, 9.17) is 9.47 Å². The molecule has 0 aromatic carbocycles. The van der Waals surface area contributed by atoms with Gasteiger partial charge in [-0.15, -0.1) is 0 Å². The maximum atomic E-state index is 11.3. The van der Waals surface area contributed by atoms with Crippen molar-refractivity contribution < 1.29 is 14.3 Å². The second kappa shape index (κ2) is 7.30. The van der Waals surface area contributed by atoms with E-state index in [9.17, 15) is 4.79 Å². The normalized spacial score (nSPS) is 36.7. The van der Waals surface area contributed by atoms with Crippen LogP contribution in [0.4, 0.5) is 0 Å². The van der Waals surface area contributed by atoms with Gasteiger partial charge >= 0.3 is 5.97 Å². The van der Waals surface area contributed by atoms with Crippen molar-refractivity contribution in [3.8, 4) is 0 Å². The zero-order chi connectivity index (χ0) is 16.1. The van der Waals surface area contributed by atoms with Crippen molar-refractivity contribution in [3.63, 3.8) is 0 Å². The van der Waals surface area contributed by atoms with Crippen LogP contribution < -0.4 is 5.32 Å². The predicted octanol–water partition coefficient (Wildman–Crippen LogP) is 3.42. The first-order valence-corrected chi connectivity index (χ1v) is 8.08. The molecule has 122 valence electrons. The number of carbonyl (C=O) groups is 1. The molecule has 1 rings (SSSR count). The van der Waals surface area contributed by atoms with E-state index in [1.807, 2.05) is 0 Å². The molecule has 0 aromatic rings. The molecular weight excluding hydrogens is 266 g/mol. The first-order chi connectivity index (χ1) is 9.80. The molecule has 0 aliphatic carbocycles. The molecule has 1 aliphatic heterocycles. The highest BCUT2D eigenvalue weighted by Gasteiger charge is 2.46. The first kappa shape index (κ1) is 18.0. The van der Waals surface area contributed by atoms with E-state index in [0.29, 0.717) is 12.5 Å². The summed E-state index contributed by atoms with van der Waals surface area (Å²) in [6, 6.07) is 0. The minimum atomic E-state index is -0.351. The summed E-state index contributed by atoms with van der Waals surface area (Å²) < 4.78 is 10.7. The quantitative estimate of drug-likeness (QED) is 0.463. The molecule has 4 nitrogen and oxygen atoms in total. The average molecular weight is 297 g/mol. The second-order valence-electron chi connectivity index (χ2n) is 6.53. The molecule has 1 aliphatic rings. The third-order valence-electron chi connectivity index (χ3n) is 5.06. The molecule has 4 atom stereocenters. The van der Waals surface area contributed by atoms with Crippen molar-refractivity contribution in [1.82, 2.24) is 5.32 Å². The van der Waals surface area contributed by atoms with Gasteiger partial charge in [0, 0.05) is 23.4 Å². The minimum Gasteiger partial charge on any atom is -0.497 e. The fourth-order valence-electron chi connectivity index (χ4n) is 3.08. The maximum Gasteiger partial charge on any atom is 0.333 e. The molecule has 0 spiro atoms. The van der Waals surface area contributed by atoms with Gasteiger partial charge in [0.05, 0.1) is 18.9 Å². The Bertz CT molecular complexity index is 382. The average Bonchev–Trinajstić information content (AvgIpc) is 2.44. The highest BCUT2D eigenvalue weighted by molar-refractivity contribution is 5.81. The molecule has 0 radical (unpaired) electrons. The largest absolute Gasteiger partial charge is 0.497 e. The molecule has 4 unspecified atom stereocenters. The lowest BCUT2D eigenvalue weighted by molar-refractivity contribution is -0.137. The summed E-state index contributed by atoms with van der Waals surface area (Å²) in [6.07, 6.45) is 6.00. The Balaban J connectivity index is 2.77. The molecule has 0 bridgehead atoms. The number of esters is 1. The molecule has 0 amide bonds. The molecule has 1 N–H and O–H groups in total. The third kappa shape index (κ3) is 4.47. The van der Waals surface area contributed by atoms with Crippen LogP contribution in [0.25, 0.3) is 0 Å². The highest BCUT2D eigenvalue weighted by Crippen LogP contribution is 2.38. The standard InChI is InChI=1S/C17H31NO3/c1-7-16(5)12-14(13(4)17(6,8-2)18-16)21-11-10-15(19)20-9-3/h10-11,13-14,18H,7-9,12H2,1-6H3/b11-10+. The number of carbonyl (C=O) groups excluding carboxylic acids is 1. The Kier molecular flexibility index (Phi) is 6.26. The monoisotopic (exact) mass is 297 g/mol. The van der Waals surface area contributed by atoms with Gasteiger partial charge in [-0.2, -0.15) is 0 Å². The van der Waals surface area contributed by atoms with Crippen LogP contribution in [0.5, 0.6) is 0 Å². The van der Waals surface area contributed by atoms with Gasteiger partial charge < -0.3 is 14.8 Å². The van der Waals surface area contributed by atoms with Crippen LogP contribution in [0.3, 0.4) is 0 Å². The van der Waals surface area contributed by atoms with E-state index in [0.717, 1.165) is 19.3 Å². The SMILES string of the molecule is CCOC(=O)/C=C/OC1CC(C)(CC)NC(C)(CC)C1C. The zero-order valence-corrected chi connectivity index (χ0v) is 14.4. The third-order valence-corrected chi connectivity index (χ3v) is 5.06. The number of hydrogen-bond donors (Lipinski definition) is 1. The molecular formula is C17H31NO3. The van der Waals surface area contributed by atoms with Crippen LogP contribution in [0.1, 0.15) is 60.8 Å². The van der Waals surface area contributed by atoms with Gasteiger partial charge in [0.25, 0.3) is 0 Å². The van der Waals surface area contributed by atoms with Crippen LogP contribution in [0.15, 0.2) is 12.3 Å². The Morgan fingerprint density at radius 3 is 2.48 bits per heavy atom. The number of ether oxygens (including phenoxy) is 2. The van der Waals surface area contributed by atoms with Crippen LogP contribution >= 0.6 is 0 Å². The van der Waals surface area contributed by atoms with E-state index in [1.54, 1.807) is 6.92 Å². The molecule has 1 heterocycles. The summed E-state index contributed by atoms with van der Waals surface area (Å²) in [7, 11) is 0. The van der Waals surface area contributed by atoms with Crippen molar-refractivity contribution in [1.29, 1.82) is 0 Å². The number of nitrogens with one attached hydrogen (secondary N) is 1.